The number of aromatic nitrogens is 1. The molecular formula is C21H34N4O3. The molecule has 2 N–H and O–H groups in total. The van der Waals surface area contributed by atoms with Crippen LogP contribution < -0.4 is 15.4 Å². The molecule has 1 aromatic heterocycles. The first-order valence-electron chi connectivity index (χ1n) is 10.6. The molecule has 0 bridgehead atoms. The number of hydrogen-bond donors (Lipinski definition) is 2. The van der Waals surface area contributed by atoms with Crippen molar-refractivity contribution in [3.8, 4) is 5.88 Å². The molecule has 1 aliphatic carbocycles. The number of nitrogens with zero attached hydrogens (tertiary/aromatic N) is 2. The second kappa shape index (κ2) is 11.9. The van der Waals surface area contributed by atoms with Gasteiger partial charge in [0.15, 0.2) is 5.96 Å². The van der Waals surface area contributed by atoms with Crippen LogP contribution in [0.4, 0.5) is 0 Å². The highest BCUT2D eigenvalue weighted by Crippen LogP contribution is 2.29. The Bertz CT molecular complexity index is 584. The van der Waals surface area contributed by atoms with E-state index in [0.29, 0.717) is 25.1 Å². The number of pyridine rings is 1. The minimum atomic E-state index is 0.297. The molecule has 1 aromatic rings. The van der Waals surface area contributed by atoms with E-state index in [0.717, 1.165) is 69.6 Å². The van der Waals surface area contributed by atoms with Crippen LogP contribution in [0.25, 0.3) is 0 Å². The molecule has 7 heteroatoms. The molecule has 156 valence electrons. The molecule has 0 amide bonds. The van der Waals surface area contributed by atoms with Crippen molar-refractivity contribution in [2.45, 2.75) is 51.7 Å². The fraction of sp³-hybridized carbons (Fsp3) is 0.714. The molecule has 0 radical (unpaired) electrons. The highest BCUT2D eigenvalue weighted by Gasteiger charge is 2.22. The van der Waals surface area contributed by atoms with Crippen LogP contribution in [0.2, 0.25) is 0 Å². The second-order valence-corrected chi connectivity index (χ2v) is 7.44. The summed E-state index contributed by atoms with van der Waals surface area (Å²) in [7, 11) is 0. The van der Waals surface area contributed by atoms with Gasteiger partial charge in [0.25, 0.3) is 0 Å². The number of hydrogen-bond acceptors (Lipinski definition) is 5. The number of guanidine groups is 1. The van der Waals surface area contributed by atoms with E-state index in [9.17, 15) is 0 Å². The van der Waals surface area contributed by atoms with Crippen molar-refractivity contribution in [1.82, 2.24) is 15.6 Å². The minimum absolute atomic E-state index is 0.297. The van der Waals surface area contributed by atoms with E-state index in [1.807, 2.05) is 18.3 Å². The smallest absolute Gasteiger partial charge is 0.213 e. The van der Waals surface area contributed by atoms with Crippen molar-refractivity contribution in [3.63, 3.8) is 0 Å². The van der Waals surface area contributed by atoms with Gasteiger partial charge in [-0.15, -0.1) is 0 Å². The van der Waals surface area contributed by atoms with Gasteiger partial charge < -0.3 is 24.8 Å². The highest BCUT2D eigenvalue weighted by molar-refractivity contribution is 5.79. The van der Waals surface area contributed by atoms with Gasteiger partial charge in [0.1, 0.15) is 0 Å². The van der Waals surface area contributed by atoms with Crippen LogP contribution in [0.15, 0.2) is 23.3 Å². The van der Waals surface area contributed by atoms with Crippen LogP contribution >= 0.6 is 0 Å². The van der Waals surface area contributed by atoms with Crippen molar-refractivity contribution >= 4 is 5.96 Å². The summed E-state index contributed by atoms with van der Waals surface area (Å²) in [5.41, 5.74) is 1.07. The quantitative estimate of drug-likeness (QED) is 0.324. The molecule has 3 rings (SSSR count). The summed E-state index contributed by atoms with van der Waals surface area (Å²) < 4.78 is 16.9. The van der Waals surface area contributed by atoms with Gasteiger partial charge in [0, 0.05) is 38.6 Å². The topological polar surface area (TPSA) is 77.0 Å². The van der Waals surface area contributed by atoms with Crippen LogP contribution in [0.3, 0.4) is 0 Å². The van der Waals surface area contributed by atoms with Crippen molar-refractivity contribution < 1.29 is 14.2 Å². The van der Waals surface area contributed by atoms with Gasteiger partial charge >= 0.3 is 0 Å². The Balaban J connectivity index is 1.32. The first-order valence-corrected chi connectivity index (χ1v) is 10.6. The Morgan fingerprint density at radius 2 is 2.18 bits per heavy atom. The molecule has 0 spiro atoms. The van der Waals surface area contributed by atoms with E-state index in [4.69, 9.17) is 14.2 Å². The maximum atomic E-state index is 5.69. The van der Waals surface area contributed by atoms with E-state index in [1.165, 1.54) is 12.8 Å². The molecule has 1 atom stereocenters. The molecule has 1 aliphatic heterocycles. The van der Waals surface area contributed by atoms with Gasteiger partial charge in [0.2, 0.25) is 5.88 Å². The average molecular weight is 391 g/mol. The number of ether oxygens (including phenoxy) is 3. The van der Waals surface area contributed by atoms with Crippen molar-refractivity contribution in [2.75, 3.05) is 39.5 Å². The third-order valence-electron chi connectivity index (χ3n) is 4.81. The van der Waals surface area contributed by atoms with E-state index in [-0.39, 0.29) is 0 Å². The van der Waals surface area contributed by atoms with Gasteiger partial charge in [-0.05, 0) is 50.5 Å². The first-order chi connectivity index (χ1) is 13.8. The largest absolute Gasteiger partial charge is 0.477 e. The van der Waals surface area contributed by atoms with Crippen LogP contribution in [0, 0.1) is 5.92 Å². The Hall–Kier alpha value is -1.86. The third kappa shape index (κ3) is 8.02. The summed E-state index contributed by atoms with van der Waals surface area (Å²) >= 11 is 0. The first kappa shape index (κ1) is 20.9. The molecule has 2 aliphatic rings. The van der Waals surface area contributed by atoms with Gasteiger partial charge in [-0.3, -0.25) is 0 Å². The Morgan fingerprint density at radius 1 is 1.25 bits per heavy atom. The predicted molar refractivity (Wildman–Crippen MR) is 110 cm³/mol. The maximum absolute atomic E-state index is 5.69. The summed E-state index contributed by atoms with van der Waals surface area (Å²) in [6.07, 6.45) is 7.93. The molecular weight excluding hydrogens is 356 g/mol. The SMILES string of the molecule is CCNC(=NCc1ccc(OCC2CC2)nc1)NCCCOCC1CCCO1. The fourth-order valence-electron chi connectivity index (χ4n) is 2.96. The van der Waals surface area contributed by atoms with Gasteiger partial charge in [-0.2, -0.15) is 0 Å². The van der Waals surface area contributed by atoms with Gasteiger partial charge in [-0.1, -0.05) is 6.07 Å². The standard InChI is InChI=1S/C21H34N4O3/c1-2-22-21(23-10-4-11-26-16-19-5-3-12-27-19)25-14-18-8-9-20(24-13-18)28-15-17-6-7-17/h8-9,13,17,19H,2-7,10-12,14-16H2,1H3,(H2,22,23,25). The normalized spacial score (nSPS) is 19.6. The lowest BCUT2D eigenvalue weighted by atomic mass is 10.2. The number of rotatable bonds is 12. The van der Waals surface area contributed by atoms with Crippen LogP contribution in [0.5, 0.6) is 5.88 Å². The zero-order chi connectivity index (χ0) is 19.4. The summed E-state index contributed by atoms with van der Waals surface area (Å²) in [4.78, 5) is 9.00. The van der Waals surface area contributed by atoms with E-state index < -0.39 is 0 Å². The minimum Gasteiger partial charge on any atom is -0.477 e. The Labute approximate surface area is 168 Å². The lowest BCUT2D eigenvalue weighted by molar-refractivity contribution is 0.0168. The lowest BCUT2D eigenvalue weighted by Crippen LogP contribution is -2.38. The molecule has 1 saturated heterocycles. The number of aliphatic imine (C=N–C) groups is 1. The summed E-state index contributed by atoms with van der Waals surface area (Å²) in [5.74, 6) is 2.25. The van der Waals surface area contributed by atoms with E-state index in [2.05, 4.69) is 27.5 Å². The zero-order valence-electron chi connectivity index (χ0n) is 17.0. The van der Waals surface area contributed by atoms with Crippen molar-refractivity contribution in [3.05, 3.63) is 23.9 Å². The maximum Gasteiger partial charge on any atom is 0.213 e. The fourth-order valence-corrected chi connectivity index (χ4v) is 2.96. The molecule has 2 fully saturated rings. The average Bonchev–Trinajstić information content (AvgIpc) is 3.41. The Kier molecular flexibility index (Phi) is 8.84. The monoisotopic (exact) mass is 390 g/mol. The second-order valence-electron chi connectivity index (χ2n) is 7.44. The van der Waals surface area contributed by atoms with Gasteiger partial charge in [0.05, 0.1) is 25.9 Å². The van der Waals surface area contributed by atoms with Crippen molar-refractivity contribution in [2.24, 2.45) is 10.9 Å². The van der Waals surface area contributed by atoms with Crippen LogP contribution in [-0.4, -0.2) is 56.6 Å². The van der Waals surface area contributed by atoms with Crippen LogP contribution in [-0.2, 0) is 16.0 Å². The molecule has 1 saturated carbocycles. The molecule has 0 aromatic carbocycles. The van der Waals surface area contributed by atoms with Crippen molar-refractivity contribution in [1.29, 1.82) is 0 Å². The predicted octanol–water partition coefficient (Wildman–Crippen LogP) is 2.51. The lowest BCUT2D eigenvalue weighted by Gasteiger charge is -2.12. The third-order valence-corrected chi connectivity index (χ3v) is 4.81. The summed E-state index contributed by atoms with van der Waals surface area (Å²) in [6.45, 7) is 7.41. The summed E-state index contributed by atoms with van der Waals surface area (Å²) in [6, 6.07) is 3.96. The molecule has 7 nitrogen and oxygen atoms in total. The number of nitrogens with one attached hydrogen (secondary N) is 2. The molecule has 2 heterocycles. The molecule has 28 heavy (non-hydrogen) atoms. The van der Waals surface area contributed by atoms with E-state index >= 15 is 0 Å². The summed E-state index contributed by atoms with van der Waals surface area (Å²) in [5, 5.41) is 6.63. The zero-order valence-corrected chi connectivity index (χ0v) is 17.0. The highest BCUT2D eigenvalue weighted by atomic mass is 16.5. The van der Waals surface area contributed by atoms with Crippen LogP contribution in [0.1, 0.15) is 44.6 Å². The van der Waals surface area contributed by atoms with E-state index in [1.54, 1.807) is 0 Å². The molecule has 1 unspecified atom stereocenters. The Morgan fingerprint density at radius 3 is 2.89 bits per heavy atom. The van der Waals surface area contributed by atoms with Gasteiger partial charge in [-0.25, -0.2) is 9.98 Å².